The van der Waals surface area contributed by atoms with Gasteiger partial charge in [0.2, 0.25) is 10.9 Å². The molecule has 9 heteroatoms. The van der Waals surface area contributed by atoms with Crippen LogP contribution in [0.5, 0.6) is 0 Å². The molecule has 0 saturated carbocycles. The smallest absolute Gasteiger partial charge is 0.365 e. The summed E-state index contributed by atoms with van der Waals surface area (Å²) in [5.41, 5.74) is 0.144. The Morgan fingerprint density at radius 1 is 1.47 bits per heavy atom. The van der Waals surface area contributed by atoms with E-state index < -0.39 is 33.2 Å². The van der Waals surface area contributed by atoms with Crippen LogP contribution in [0.3, 0.4) is 0 Å². The summed E-state index contributed by atoms with van der Waals surface area (Å²) in [5, 5.41) is 12.3. The Morgan fingerprint density at radius 2 is 2.16 bits per heavy atom. The molecule has 0 aliphatic rings. The minimum absolute atomic E-state index is 0.144. The number of rotatable bonds is 7. The second-order valence-corrected chi connectivity index (χ2v) is 6.75. The van der Waals surface area contributed by atoms with Gasteiger partial charge in [-0.25, -0.2) is 18.2 Å². The molecule has 0 unspecified atom stereocenters. The number of aromatic carboxylic acids is 1. The third-order valence-corrected chi connectivity index (χ3v) is 4.34. The lowest BCUT2D eigenvalue weighted by Gasteiger charge is -2.03. The Bertz CT molecular complexity index is 564. The molecule has 1 aromatic heterocycles. The van der Waals surface area contributed by atoms with Crippen LogP contribution in [0.1, 0.15) is 28.8 Å². The maximum atomic E-state index is 11.7. The number of carboxylic acid groups (broad SMARTS) is 1. The molecule has 0 spiro atoms. The molecule has 1 heterocycles. The maximum absolute atomic E-state index is 11.7. The number of thiazole rings is 1. The van der Waals surface area contributed by atoms with E-state index in [4.69, 9.17) is 5.11 Å². The van der Waals surface area contributed by atoms with Crippen LogP contribution in [0.25, 0.3) is 0 Å². The van der Waals surface area contributed by atoms with Gasteiger partial charge in [-0.3, -0.25) is 4.79 Å². The molecule has 106 valence electrons. The standard InChI is InChI=1S/C10H14N2O5S2/c1-2-3-11-8(13)6-19(16,17)5-7-4-18-9(12-7)10(14)15/h4H,2-3,5-6H2,1H3,(H,11,13)(H,14,15). The number of amides is 1. The van der Waals surface area contributed by atoms with Crippen molar-refractivity contribution in [2.45, 2.75) is 19.1 Å². The van der Waals surface area contributed by atoms with Gasteiger partial charge in [-0.15, -0.1) is 11.3 Å². The first-order valence-electron chi connectivity index (χ1n) is 5.49. The minimum atomic E-state index is -3.64. The van der Waals surface area contributed by atoms with E-state index in [2.05, 4.69) is 10.3 Å². The van der Waals surface area contributed by atoms with Crippen LogP contribution in [-0.4, -0.2) is 42.7 Å². The summed E-state index contributed by atoms with van der Waals surface area (Å²) in [6, 6.07) is 0. The highest BCUT2D eigenvalue weighted by atomic mass is 32.2. The predicted octanol–water partition coefficient (Wildman–Crippen LogP) is 0.282. The second kappa shape index (κ2) is 6.62. The lowest BCUT2D eigenvalue weighted by molar-refractivity contribution is -0.118. The van der Waals surface area contributed by atoms with Crippen LogP contribution >= 0.6 is 11.3 Å². The zero-order valence-electron chi connectivity index (χ0n) is 10.2. The molecule has 0 fully saturated rings. The van der Waals surface area contributed by atoms with Crippen LogP contribution in [0.4, 0.5) is 0 Å². The van der Waals surface area contributed by atoms with Crippen molar-refractivity contribution in [3.8, 4) is 0 Å². The quantitative estimate of drug-likeness (QED) is 0.748. The van der Waals surface area contributed by atoms with Crippen molar-refractivity contribution in [3.63, 3.8) is 0 Å². The van der Waals surface area contributed by atoms with E-state index in [1.165, 1.54) is 5.38 Å². The summed E-state index contributed by atoms with van der Waals surface area (Å²) in [6.07, 6.45) is 0.722. The fourth-order valence-corrected chi connectivity index (χ4v) is 3.23. The Kier molecular flexibility index (Phi) is 5.43. The first-order chi connectivity index (χ1) is 8.84. The average Bonchev–Trinajstić information content (AvgIpc) is 2.73. The first-order valence-corrected chi connectivity index (χ1v) is 8.19. The highest BCUT2D eigenvalue weighted by molar-refractivity contribution is 7.91. The van der Waals surface area contributed by atoms with Gasteiger partial charge in [0, 0.05) is 11.9 Å². The van der Waals surface area contributed by atoms with Gasteiger partial charge in [0.05, 0.1) is 11.4 Å². The van der Waals surface area contributed by atoms with E-state index in [0.29, 0.717) is 6.54 Å². The number of hydrogen-bond acceptors (Lipinski definition) is 6. The third kappa shape index (κ3) is 5.35. The zero-order chi connectivity index (χ0) is 14.5. The summed E-state index contributed by atoms with van der Waals surface area (Å²) >= 11 is 0.855. The number of sulfone groups is 1. The molecule has 7 nitrogen and oxygen atoms in total. The van der Waals surface area contributed by atoms with Crippen molar-refractivity contribution >= 4 is 33.1 Å². The van der Waals surface area contributed by atoms with Gasteiger partial charge < -0.3 is 10.4 Å². The van der Waals surface area contributed by atoms with Crippen LogP contribution in [0, 0.1) is 0 Å². The molecule has 0 bridgehead atoms. The summed E-state index contributed by atoms with van der Waals surface area (Å²) < 4.78 is 23.4. The molecule has 0 saturated heterocycles. The van der Waals surface area contributed by atoms with Gasteiger partial charge in [-0.2, -0.15) is 0 Å². The zero-order valence-corrected chi connectivity index (χ0v) is 11.9. The Hall–Kier alpha value is -1.48. The highest BCUT2D eigenvalue weighted by Crippen LogP contribution is 2.12. The monoisotopic (exact) mass is 306 g/mol. The highest BCUT2D eigenvalue weighted by Gasteiger charge is 2.19. The Morgan fingerprint density at radius 3 is 2.68 bits per heavy atom. The minimum Gasteiger partial charge on any atom is -0.476 e. The van der Waals surface area contributed by atoms with Crippen LogP contribution in [0.2, 0.25) is 0 Å². The van der Waals surface area contributed by atoms with E-state index in [1.54, 1.807) is 0 Å². The van der Waals surface area contributed by atoms with Gasteiger partial charge in [0.15, 0.2) is 9.84 Å². The number of nitrogens with one attached hydrogen (secondary N) is 1. The topological polar surface area (TPSA) is 113 Å². The second-order valence-electron chi connectivity index (χ2n) is 3.83. The van der Waals surface area contributed by atoms with E-state index in [9.17, 15) is 18.0 Å². The van der Waals surface area contributed by atoms with Crippen molar-refractivity contribution in [1.82, 2.24) is 10.3 Å². The summed E-state index contributed by atoms with van der Waals surface area (Å²) in [7, 11) is -3.64. The van der Waals surface area contributed by atoms with Crippen molar-refractivity contribution in [1.29, 1.82) is 0 Å². The molecule has 19 heavy (non-hydrogen) atoms. The van der Waals surface area contributed by atoms with E-state index >= 15 is 0 Å². The summed E-state index contributed by atoms with van der Waals surface area (Å²) in [4.78, 5) is 25.6. The number of hydrogen-bond donors (Lipinski definition) is 2. The van der Waals surface area contributed by atoms with E-state index in [-0.39, 0.29) is 10.7 Å². The number of aromatic nitrogens is 1. The molecule has 0 aliphatic heterocycles. The predicted molar refractivity (Wildman–Crippen MR) is 69.9 cm³/mol. The molecular weight excluding hydrogens is 292 g/mol. The van der Waals surface area contributed by atoms with E-state index in [1.807, 2.05) is 6.92 Å². The molecule has 1 amide bonds. The molecule has 0 aliphatic carbocycles. The largest absolute Gasteiger partial charge is 0.476 e. The van der Waals surface area contributed by atoms with Gasteiger partial charge in [-0.05, 0) is 6.42 Å². The fraction of sp³-hybridized carbons (Fsp3) is 0.500. The maximum Gasteiger partial charge on any atom is 0.365 e. The average molecular weight is 306 g/mol. The fourth-order valence-electron chi connectivity index (χ4n) is 1.26. The number of carbonyl (C=O) groups is 2. The van der Waals surface area contributed by atoms with E-state index in [0.717, 1.165) is 17.8 Å². The molecular formula is C10H14N2O5S2. The normalized spacial score (nSPS) is 11.2. The number of carbonyl (C=O) groups excluding carboxylic acids is 1. The van der Waals surface area contributed by atoms with Gasteiger partial charge in [-0.1, -0.05) is 6.92 Å². The van der Waals surface area contributed by atoms with Gasteiger partial charge in [0.1, 0.15) is 5.75 Å². The van der Waals surface area contributed by atoms with Crippen LogP contribution in [-0.2, 0) is 20.4 Å². The molecule has 0 radical (unpaired) electrons. The Balaban J connectivity index is 2.63. The van der Waals surface area contributed by atoms with Crippen LogP contribution < -0.4 is 5.32 Å². The Labute approximate surface area is 114 Å². The molecule has 1 rings (SSSR count). The summed E-state index contributed by atoms with van der Waals surface area (Å²) in [5.74, 6) is -2.81. The molecule has 0 atom stereocenters. The SMILES string of the molecule is CCCNC(=O)CS(=O)(=O)Cc1csc(C(=O)O)n1. The summed E-state index contributed by atoms with van der Waals surface area (Å²) in [6.45, 7) is 2.28. The number of carboxylic acids is 1. The number of nitrogens with zero attached hydrogens (tertiary/aromatic N) is 1. The van der Waals surface area contributed by atoms with Crippen molar-refractivity contribution in [2.75, 3.05) is 12.3 Å². The first kappa shape index (κ1) is 15.6. The third-order valence-electron chi connectivity index (χ3n) is 2.03. The lowest BCUT2D eigenvalue weighted by atomic mass is 10.5. The van der Waals surface area contributed by atoms with Crippen LogP contribution in [0.15, 0.2) is 5.38 Å². The van der Waals surface area contributed by atoms with Crippen molar-refractivity contribution in [2.24, 2.45) is 0 Å². The molecule has 1 aromatic rings. The van der Waals surface area contributed by atoms with Gasteiger partial charge in [0.25, 0.3) is 0 Å². The van der Waals surface area contributed by atoms with Gasteiger partial charge >= 0.3 is 5.97 Å². The van der Waals surface area contributed by atoms with Crippen molar-refractivity contribution < 1.29 is 23.1 Å². The molecule has 2 N–H and O–H groups in total. The molecule has 0 aromatic carbocycles. The lowest BCUT2D eigenvalue weighted by Crippen LogP contribution is -2.31. The van der Waals surface area contributed by atoms with Crippen molar-refractivity contribution in [3.05, 3.63) is 16.1 Å².